The van der Waals surface area contributed by atoms with Crippen molar-refractivity contribution in [3.63, 3.8) is 0 Å². The summed E-state index contributed by atoms with van der Waals surface area (Å²) in [5.41, 5.74) is 8.54. The molecule has 0 aromatic heterocycles. The summed E-state index contributed by atoms with van der Waals surface area (Å²) in [5.74, 6) is 0.602. The standard InChI is InChI=1S/C15H22N2/c1-3-17(11-13-7-8-14(16)10-13)15-6-4-5-12(2)9-15/h4-9,13-14H,3,10-11,16H2,1-2H3. The van der Waals surface area contributed by atoms with Gasteiger partial charge in [-0.25, -0.2) is 0 Å². The summed E-state index contributed by atoms with van der Waals surface area (Å²) in [4.78, 5) is 2.43. The van der Waals surface area contributed by atoms with E-state index in [1.165, 1.54) is 11.3 Å². The second kappa shape index (κ2) is 5.37. The van der Waals surface area contributed by atoms with Crippen molar-refractivity contribution < 1.29 is 0 Å². The molecule has 1 aromatic rings. The van der Waals surface area contributed by atoms with Crippen LogP contribution in [0.3, 0.4) is 0 Å². The largest absolute Gasteiger partial charge is 0.371 e. The van der Waals surface area contributed by atoms with Gasteiger partial charge in [0.2, 0.25) is 0 Å². The van der Waals surface area contributed by atoms with E-state index in [1.54, 1.807) is 0 Å². The quantitative estimate of drug-likeness (QED) is 0.806. The smallest absolute Gasteiger partial charge is 0.0368 e. The van der Waals surface area contributed by atoms with Crippen LogP contribution in [0.15, 0.2) is 36.4 Å². The summed E-state index contributed by atoms with van der Waals surface area (Å²) in [6.07, 6.45) is 5.49. The van der Waals surface area contributed by atoms with Crippen LogP contribution in [-0.4, -0.2) is 19.1 Å². The van der Waals surface area contributed by atoms with Gasteiger partial charge >= 0.3 is 0 Å². The lowest BCUT2D eigenvalue weighted by Crippen LogP contribution is -2.29. The molecule has 0 radical (unpaired) electrons. The molecule has 1 aliphatic carbocycles. The molecule has 0 heterocycles. The van der Waals surface area contributed by atoms with E-state index >= 15 is 0 Å². The van der Waals surface area contributed by atoms with Crippen molar-refractivity contribution in [2.24, 2.45) is 11.7 Å². The number of nitrogens with zero attached hydrogens (tertiary/aromatic N) is 1. The Bertz CT molecular complexity index is 398. The highest BCUT2D eigenvalue weighted by molar-refractivity contribution is 5.48. The fraction of sp³-hybridized carbons (Fsp3) is 0.467. The van der Waals surface area contributed by atoms with Crippen LogP contribution in [0.25, 0.3) is 0 Å². The molecule has 0 bridgehead atoms. The molecule has 0 aliphatic heterocycles. The summed E-state index contributed by atoms with van der Waals surface area (Å²) in [7, 11) is 0. The van der Waals surface area contributed by atoms with Crippen LogP contribution in [0.1, 0.15) is 18.9 Å². The van der Waals surface area contributed by atoms with E-state index in [-0.39, 0.29) is 6.04 Å². The molecule has 17 heavy (non-hydrogen) atoms. The Morgan fingerprint density at radius 1 is 1.35 bits per heavy atom. The normalized spacial score (nSPS) is 23.0. The SMILES string of the molecule is CCN(CC1C=CC(N)C1)c1cccc(C)c1. The molecular weight excluding hydrogens is 208 g/mol. The van der Waals surface area contributed by atoms with E-state index in [9.17, 15) is 0 Å². The molecule has 2 heteroatoms. The predicted octanol–water partition coefficient (Wildman–Crippen LogP) is 2.72. The van der Waals surface area contributed by atoms with E-state index in [2.05, 4.69) is 55.2 Å². The van der Waals surface area contributed by atoms with Crippen molar-refractivity contribution in [3.05, 3.63) is 42.0 Å². The molecular formula is C15H22N2. The lowest BCUT2D eigenvalue weighted by Gasteiger charge is -2.26. The topological polar surface area (TPSA) is 29.3 Å². The molecule has 0 fully saturated rings. The highest BCUT2D eigenvalue weighted by Gasteiger charge is 2.18. The van der Waals surface area contributed by atoms with Gasteiger partial charge in [-0.1, -0.05) is 24.3 Å². The average Bonchev–Trinajstić information content (AvgIpc) is 2.72. The molecule has 0 saturated carbocycles. The maximum absolute atomic E-state index is 5.90. The van der Waals surface area contributed by atoms with Crippen molar-refractivity contribution in [2.45, 2.75) is 26.3 Å². The van der Waals surface area contributed by atoms with Crippen molar-refractivity contribution in [1.29, 1.82) is 0 Å². The molecule has 0 amide bonds. The van der Waals surface area contributed by atoms with E-state index in [0.717, 1.165) is 19.5 Å². The van der Waals surface area contributed by atoms with Crippen LogP contribution < -0.4 is 10.6 Å². The maximum Gasteiger partial charge on any atom is 0.0368 e. The van der Waals surface area contributed by atoms with Gasteiger partial charge in [0.05, 0.1) is 0 Å². The minimum Gasteiger partial charge on any atom is -0.371 e. The summed E-state index contributed by atoms with van der Waals surface area (Å²) >= 11 is 0. The molecule has 0 spiro atoms. The monoisotopic (exact) mass is 230 g/mol. The fourth-order valence-electron chi connectivity index (χ4n) is 2.47. The molecule has 2 N–H and O–H groups in total. The van der Waals surface area contributed by atoms with Crippen LogP contribution in [0.4, 0.5) is 5.69 Å². The van der Waals surface area contributed by atoms with Crippen LogP contribution in [0, 0.1) is 12.8 Å². The summed E-state index contributed by atoms with van der Waals surface area (Å²) in [5, 5.41) is 0. The third-order valence-corrected chi connectivity index (χ3v) is 3.41. The van der Waals surface area contributed by atoms with E-state index in [1.807, 2.05) is 0 Å². The summed E-state index contributed by atoms with van der Waals surface area (Å²) < 4.78 is 0. The number of aryl methyl sites for hydroxylation is 1. The highest BCUT2D eigenvalue weighted by atomic mass is 15.1. The number of rotatable bonds is 4. The van der Waals surface area contributed by atoms with Crippen molar-refractivity contribution >= 4 is 5.69 Å². The molecule has 0 saturated heterocycles. The first-order chi connectivity index (χ1) is 8.19. The second-order valence-corrected chi connectivity index (χ2v) is 4.92. The Kier molecular flexibility index (Phi) is 3.85. The van der Waals surface area contributed by atoms with Gasteiger partial charge in [0, 0.05) is 24.8 Å². The number of hydrogen-bond acceptors (Lipinski definition) is 2. The van der Waals surface area contributed by atoms with Crippen LogP contribution in [-0.2, 0) is 0 Å². The fourth-order valence-corrected chi connectivity index (χ4v) is 2.47. The average molecular weight is 230 g/mol. The first kappa shape index (κ1) is 12.2. The third-order valence-electron chi connectivity index (χ3n) is 3.41. The van der Waals surface area contributed by atoms with E-state index in [0.29, 0.717) is 5.92 Å². The number of hydrogen-bond donors (Lipinski definition) is 1. The highest BCUT2D eigenvalue weighted by Crippen LogP contribution is 2.22. The van der Waals surface area contributed by atoms with Gasteiger partial charge in [0.1, 0.15) is 0 Å². The zero-order valence-corrected chi connectivity index (χ0v) is 10.8. The second-order valence-electron chi connectivity index (χ2n) is 4.92. The Balaban J connectivity index is 2.04. The van der Waals surface area contributed by atoms with Gasteiger partial charge in [-0.3, -0.25) is 0 Å². The van der Waals surface area contributed by atoms with Gasteiger partial charge in [-0.05, 0) is 43.9 Å². The number of nitrogens with two attached hydrogens (primary N) is 1. The molecule has 2 atom stereocenters. The zero-order chi connectivity index (χ0) is 12.3. The Morgan fingerprint density at radius 3 is 2.76 bits per heavy atom. The molecule has 1 aromatic carbocycles. The minimum absolute atomic E-state index is 0.260. The summed E-state index contributed by atoms with van der Waals surface area (Å²) in [6.45, 7) is 6.47. The Labute approximate surface area is 104 Å². The van der Waals surface area contributed by atoms with Gasteiger partial charge in [-0.15, -0.1) is 0 Å². The third kappa shape index (κ3) is 3.10. The van der Waals surface area contributed by atoms with Crippen LogP contribution >= 0.6 is 0 Å². The Morgan fingerprint density at radius 2 is 2.18 bits per heavy atom. The first-order valence-electron chi connectivity index (χ1n) is 6.44. The van der Waals surface area contributed by atoms with Crippen LogP contribution in [0.5, 0.6) is 0 Å². The molecule has 2 unspecified atom stereocenters. The van der Waals surface area contributed by atoms with Gasteiger partial charge in [0.25, 0.3) is 0 Å². The summed E-state index contributed by atoms with van der Waals surface area (Å²) in [6, 6.07) is 8.97. The van der Waals surface area contributed by atoms with Gasteiger partial charge in [0.15, 0.2) is 0 Å². The Hall–Kier alpha value is -1.28. The lowest BCUT2D eigenvalue weighted by molar-refractivity contribution is 0.575. The predicted molar refractivity (Wildman–Crippen MR) is 74.3 cm³/mol. The van der Waals surface area contributed by atoms with E-state index < -0.39 is 0 Å². The number of anilines is 1. The van der Waals surface area contributed by atoms with Crippen molar-refractivity contribution in [3.8, 4) is 0 Å². The molecule has 1 aliphatic rings. The van der Waals surface area contributed by atoms with Gasteiger partial charge < -0.3 is 10.6 Å². The minimum atomic E-state index is 0.260. The van der Waals surface area contributed by atoms with Crippen molar-refractivity contribution in [2.75, 3.05) is 18.0 Å². The molecule has 2 rings (SSSR count). The van der Waals surface area contributed by atoms with Crippen molar-refractivity contribution in [1.82, 2.24) is 0 Å². The zero-order valence-electron chi connectivity index (χ0n) is 10.8. The molecule has 92 valence electrons. The van der Waals surface area contributed by atoms with Crippen LogP contribution in [0.2, 0.25) is 0 Å². The first-order valence-corrected chi connectivity index (χ1v) is 6.44. The van der Waals surface area contributed by atoms with E-state index in [4.69, 9.17) is 5.73 Å². The maximum atomic E-state index is 5.90. The lowest BCUT2D eigenvalue weighted by atomic mass is 10.1. The van der Waals surface area contributed by atoms with Gasteiger partial charge in [-0.2, -0.15) is 0 Å². The molecule has 2 nitrogen and oxygen atoms in total. The number of benzene rings is 1.